The van der Waals surface area contributed by atoms with Gasteiger partial charge in [-0.05, 0) is 30.3 Å². The Hall–Kier alpha value is -2.74. The van der Waals surface area contributed by atoms with E-state index in [9.17, 15) is 8.42 Å². The number of imidazole rings is 1. The molecule has 0 radical (unpaired) electrons. The first-order valence-electron chi connectivity index (χ1n) is 6.97. The lowest BCUT2D eigenvalue weighted by Gasteiger charge is -2.19. The monoisotopic (exact) mass is 331 g/mol. The summed E-state index contributed by atoms with van der Waals surface area (Å²) in [6.45, 7) is 0.933. The molecule has 2 heterocycles. The number of fused-ring (bicyclic) bond motifs is 2. The van der Waals surface area contributed by atoms with Crippen LogP contribution in [0.15, 0.2) is 47.6 Å². The van der Waals surface area contributed by atoms with Crippen molar-refractivity contribution >= 4 is 26.7 Å². The third kappa shape index (κ3) is 2.57. The Kier molecular flexibility index (Phi) is 3.12. The van der Waals surface area contributed by atoms with Crippen LogP contribution in [0.3, 0.4) is 0 Å². The van der Waals surface area contributed by atoms with Crippen LogP contribution in [0.25, 0.3) is 11.0 Å². The summed E-state index contributed by atoms with van der Waals surface area (Å²) in [5.74, 6) is 1.14. The zero-order chi connectivity index (χ0) is 15.9. The molecule has 0 aliphatic carbocycles. The zero-order valence-electron chi connectivity index (χ0n) is 11.9. The molecule has 0 spiro atoms. The number of rotatable bonds is 3. The maximum absolute atomic E-state index is 12.5. The number of anilines is 1. The molecule has 0 unspecified atom stereocenters. The number of hydrogen-bond acceptors (Lipinski definition) is 5. The summed E-state index contributed by atoms with van der Waals surface area (Å²) in [6.07, 6.45) is 1.52. The van der Waals surface area contributed by atoms with Gasteiger partial charge >= 0.3 is 0 Å². The Morgan fingerprint density at radius 2 is 1.87 bits per heavy atom. The molecule has 3 aromatic rings. The molecule has 0 atom stereocenters. The van der Waals surface area contributed by atoms with Crippen molar-refractivity contribution in [2.24, 2.45) is 0 Å². The van der Waals surface area contributed by atoms with Crippen molar-refractivity contribution in [2.45, 2.75) is 4.90 Å². The molecular formula is C15H13N3O4S. The van der Waals surface area contributed by atoms with Crippen molar-refractivity contribution in [2.75, 3.05) is 17.9 Å². The molecule has 118 valence electrons. The second-order valence-corrected chi connectivity index (χ2v) is 6.73. The van der Waals surface area contributed by atoms with Crippen LogP contribution < -0.4 is 14.2 Å². The van der Waals surface area contributed by atoms with E-state index in [1.165, 1.54) is 12.4 Å². The van der Waals surface area contributed by atoms with Gasteiger partial charge in [-0.3, -0.25) is 4.72 Å². The lowest BCUT2D eigenvalue weighted by Crippen LogP contribution is -2.16. The van der Waals surface area contributed by atoms with Gasteiger partial charge in [0.1, 0.15) is 13.2 Å². The second-order valence-electron chi connectivity index (χ2n) is 5.05. The molecule has 1 aliphatic rings. The molecular weight excluding hydrogens is 318 g/mol. The van der Waals surface area contributed by atoms with Crippen molar-refractivity contribution in [1.82, 2.24) is 9.97 Å². The Bertz CT molecular complexity index is 981. The Morgan fingerprint density at radius 3 is 2.74 bits per heavy atom. The van der Waals surface area contributed by atoms with Crippen LogP contribution in [0.2, 0.25) is 0 Å². The van der Waals surface area contributed by atoms with Crippen LogP contribution >= 0.6 is 0 Å². The smallest absolute Gasteiger partial charge is 0.261 e. The van der Waals surface area contributed by atoms with E-state index >= 15 is 0 Å². The first-order valence-corrected chi connectivity index (χ1v) is 8.46. The van der Waals surface area contributed by atoms with Gasteiger partial charge in [-0.25, -0.2) is 13.4 Å². The quantitative estimate of drug-likeness (QED) is 0.767. The summed E-state index contributed by atoms with van der Waals surface area (Å²) in [7, 11) is -3.70. The number of benzene rings is 2. The minimum absolute atomic E-state index is 0.157. The topological polar surface area (TPSA) is 93.3 Å². The average molecular weight is 331 g/mol. The second kappa shape index (κ2) is 5.17. The van der Waals surface area contributed by atoms with Gasteiger partial charge in [-0.15, -0.1) is 0 Å². The van der Waals surface area contributed by atoms with Crippen molar-refractivity contribution in [3.63, 3.8) is 0 Å². The van der Waals surface area contributed by atoms with Crippen LogP contribution in [0.1, 0.15) is 0 Å². The lowest BCUT2D eigenvalue weighted by molar-refractivity contribution is 0.171. The first-order chi connectivity index (χ1) is 11.1. The van der Waals surface area contributed by atoms with Gasteiger partial charge in [0.2, 0.25) is 0 Å². The minimum Gasteiger partial charge on any atom is -0.486 e. The predicted molar refractivity (Wildman–Crippen MR) is 84.3 cm³/mol. The van der Waals surface area contributed by atoms with Crippen molar-refractivity contribution in [3.05, 3.63) is 42.7 Å². The number of ether oxygens (including phenoxy) is 2. The van der Waals surface area contributed by atoms with Crippen LogP contribution in [-0.2, 0) is 10.0 Å². The molecule has 0 saturated carbocycles. The molecule has 0 saturated heterocycles. The predicted octanol–water partition coefficient (Wildman–Crippen LogP) is 2.13. The van der Waals surface area contributed by atoms with Crippen molar-refractivity contribution < 1.29 is 17.9 Å². The van der Waals surface area contributed by atoms with Gasteiger partial charge in [0.05, 0.1) is 27.9 Å². The van der Waals surface area contributed by atoms with E-state index < -0.39 is 10.0 Å². The summed E-state index contributed by atoms with van der Waals surface area (Å²) in [5, 5.41) is 0. The highest BCUT2D eigenvalue weighted by molar-refractivity contribution is 7.92. The normalized spacial score (nSPS) is 13.9. The van der Waals surface area contributed by atoms with Crippen LogP contribution in [-0.4, -0.2) is 31.6 Å². The van der Waals surface area contributed by atoms with Gasteiger partial charge in [-0.1, -0.05) is 0 Å². The maximum atomic E-state index is 12.5. The molecule has 1 aliphatic heterocycles. The summed E-state index contributed by atoms with van der Waals surface area (Å²) in [4.78, 5) is 7.13. The van der Waals surface area contributed by atoms with Gasteiger partial charge in [0.25, 0.3) is 10.0 Å². The molecule has 23 heavy (non-hydrogen) atoms. The zero-order valence-corrected chi connectivity index (χ0v) is 12.8. The number of nitrogens with one attached hydrogen (secondary N) is 2. The van der Waals surface area contributed by atoms with E-state index in [1.54, 1.807) is 30.3 Å². The largest absolute Gasteiger partial charge is 0.486 e. The fourth-order valence-corrected chi connectivity index (χ4v) is 3.48. The molecule has 0 bridgehead atoms. The summed E-state index contributed by atoms with van der Waals surface area (Å²) >= 11 is 0. The molecule has 4 rings (SSSR count). The minimum atomic E-state index is -3.70. The summed E-state index contributed by atoms with van der Waals surface area (Å²) < 4.78 is 38.5. The highest BCUT2D eigenvalue weighted by Gasteiger charge is 2.18. The molecule has 8 heteroatoms. The molecule has 2 aromatic carbocycles. The van der Waals surface area contributed by atoms with Gasteiger partial charge in [0.15, 0.2) is 11.5 Å². The van der Waals surface area contributed by atoms with E-state index in [-0.39, 0.29) is 4.90 Å². The first kappa shape index (κ1) is 13.9. The number of aromatic amines is 1. The standard InChI is InChI=1S/C15H13N3O4S/c19-23(20,11-2-3-12-13(8-11)17-9-16-12)18-10-1-4-14-15(7-10)22-6-5-21-14/h1-4,7-9,18H,5-6H2,(H,16,17). The Labute approximate surface area is 132 Å². The van der Waals surface area contributed by atoms with Gasteiger partial charge < -0.3 is 14.5 Å². The van der Waals surface area contributed by atoms with E-state index in [0.717, 1.165) is 0 Å². The SMILES string of the molecule is O=S(=O)(Nc1ccc2c(c1)OCCO2)c1ccc2nc[nH]c2c1. The average Bonchev–Trinajstić information content (AvgIpc) is 3.02. The van der Waals surface area contributed by atoms with Gasteiger partial charge in [0, 0.05) is 6.07 Å². The highest BCUT2D eigenvalue weighted by atomic mass is 32.2. The van der Waals surface area contributed by atoms with Crippen LogP contribution in [0, 0.1) is 0 Å². The van der Waals surface area contributed by atoms with E-state index in [0.29, 0.717) is 41.4 Å². The Balaban J connectivity index is 1.66. The Morgan fingerprint density at radius 1 is 1.04 bits per heavy atom. The van der Waals surface area contributed by atoms with Gasteiger partial charge in [-0.2, -0.15) is 0 Å². The van der Waals surface area contributed by atoms with E-state index in [4.69, 9.17) is 9.47 Å². The third-order valence-electron chi connectivity index (χ3n) is 3.50. The number of aromatic nitrogens is 2. The van der Waals surface area contributed by atoms with E-state index in [2.05, 4.69) is 14.7 Å². The number of H-pyrrole nitrogens is 1. The van der Waals surface area contributed by atoms with E-state index in [1.807, 2.05) is 0 Å². The molecule has 0 fully saturated rings. The van der Waals surface area contributed by atoms with Crippen molar-refractivity contribution in [3.8, 4) is 11.5 Å². The number of sulfonamides is 1. The number of hydrogen-bond donors (Lipinski definition) is 2. The summed E-state index contributed by atoms with van der Waals surface area (Å²) in [5.41, 5.74) is 1.79. The highest BCUT2D eigenvalue weighted by Crippen LogP contribution is 2.33. The fourth-order valence-electron chi connectivity index (χ4n) is 2.40. The van der Waals surface area contributed by atoms with Crippen LogP contribution in [0.4, 0.5) is 5.69 Å². The summed E-state index contributed by atoms with van der Waals surface area (Å²) in [6, 6.07) is 9.65. The molecule has 2 N–H and O–H groups in total. The molecule has 7 nitrogen and oxygen atoms in total. The molecule has 1 aromatic heterocycles. The maximum Gasteiger partial charge on any atom is 0.261 e. The fraction of sp³-hybridized carbons (Fsp3) is 0.133. The lowest BCUT2D eigenvalue weighted by atomic mass is 10.3. The third-order valence-corrected chi connectivity index (χ3v) is 4.88. The van der Waals surface area contributed by atoms with Crippen LogP contribution in [0.5, 0.6) is 11.5 Å². The molecule has 0 amide bonds. The number of nitrogens with zero attached hydrogens (tertiary/aromatic N) is 1. The van der Waals surface area contributed by atoms with Crippen molar-refractivity contribution in [1.29, 1.82) is 0 Å².